The fourth-order valence-corrected chi connectivity index (χ4v) is 3.93. The summed E-state index contributed by atoms with van der Waals surface area (Å²) in [4.78, 5) is 29.5. The number of nitrogens with zero attached hydrogens (tertiary/aromatic N) is 2. The molecular formula is C25H21F3N2O3. The van der Waals surface area contributed by atoms with Gasteiger partial charge in [0.25, 0.3) is 5.91 Å². The molecule has 3 aromatic carbocycles. The van der Waals surface area contributed by atoms with Crippen molar-refractivity contribution in [1.29, 1.82) is 0 Å². The maximum atomic E-state index is 13.3. The number of carbonyl (C=O) groups excluding carboxylic acids is 2. The zero-order valence-corrected chi connectivity index (χ0v) is 18.0. The van der Waals surface area contributed by atoms with Gasteiger partial charge in [-0.3, -0.25) is 14.5 Å². The monoisotopic (exact) mass is 454 g/mol. The van der Waals surface area contributed by atoms with Crippen LogP contribution in [0.5, 0.6) is 5.75 Å². The molecule has 0 fully saturated rings. The van der Waals surface area contributed by atoms with E-state index in [-0.39, 0.29) is 18.0 Å². The van der Waals surface area contributed by atoms with E-state index in [0.29, 0.717) is 17.1 Å². The number of rotatable bonds is 4. The molecule has 0 saturated heterocycles. The standard InChI is InChI=1S/C25H21F3N2O3/c1-16-23(31)29(15-17-7-5-10-20(13-17)33-2)21-11-3-4-12-22(21)30(16)24(32)18-8-6-9-19(14-18)25(26,27)28/h3-14,16H,15H2,1-2H3. The van der Waals surface area contributed by atoms with Crippen molar-refractivity contribution < 1.29 is 27.5 Å². The van der Waals surface area contributed by atoms with Gasteiger partial charge in [0.05, 0.1) is 30.6 Å². The Balaban J connectivity index is 1.73. The Morgan fingerprint density at radius 1 is 0.970 bits per heavy atom. The first-order chi connectivity index (χ1) is 15.7. The summed E-state index contributed by atoms with van der Waals surface area (Å²) in [6.07, 6.45) is -4.58. The van der Waals surface area contributed by atoms with E-state index in [1.165, 1.54) is 17.0 Å². The number of carbonyl (C=O) groups is 2. The van der Waals surface area contributed by atoms with Crippen LogP contribution in [0.4, 0.5) is 24.5 Å². The number of anilines is 2. The molecule has 0 bridgehead atoms. The molecule has 0 radical (unpaired) electrons. The molecular weight excluding hydrogens is 433 g/mol. The molecule has 8 heteroatoms. The maximum absolute atomic E-state index is 13.3. The van der Waals surface area contributed by atoms with E-state index < -0.39 is 23.7 Å². The minimum absolute atomic E-state index is 0.138. The van der Waals surface area contributed by atoms with Gasteiger partial charge >= 0.3 is 6.18 Å². The van der Waals surface area contributed by atoms with Gasteiger partial charge in [0.1, 0.15) is 11.8 Å². The maximum Gasteiger partial charge on any atom is 0.416 e. The molecule has 33 heavy (non-hydrogen) atoms. The van der Waals surface area contributed by atoms with Gasteiger partial charge in [-0.2, -0.15) is 13.2 Å². The van der Waals surface area contributed by atoms with Gasteiger partial charge in [-0.15, -0.1) is 0 Å². The fourth-order valence-electron chi connectivity index (χ4n) is 3.93. The Kier molecular flexibility index (Phi) is 5.84. The summed E-state index contributed by atoms with van der Waals surface area (Å²) in [5, 5.41) is 0. The van der Waals surface area contributed by atoms with E-state index in [4.69, 9.17) is 4.74 Å². The van der Waals surface area contributed by atoms with Crippen molar-refractivity contribution in [1.82, 2.24) is 0 Å². The van der Waals surface area contributed by atoms with Crippen LogP contribution in [-0.2, 0) is 17.5 Å². The highest BCUT2D eigenvalue weighted by Gasteiger charge is 2.39. The van der Waals surface area contributed by atoms with E-state index in [9.17, 15) is 22.8 Å². The van der Waals surface area contributed by atoms with Crippen molar-refractivity contribution in [3.63, 3.8) is 0 Å². The number of benzene rings is 3. The number of fused-ring (bicyclic) bond motifs is 1. The number of amides is 2. The van der Waals surface area contributed by atoms with Crippen LogP contribution in [0, 0.1) is 0 Å². The van der Waals surface area contributed by atoms with Crippen LogP contribution in [0.3, 0.4) is 0 Å². The summed E-state index contributed by atoms with van der Waals surface area (Å²) >= 11 is 0. The number of hydrogen-bond donors (Lipinski definition) is 0. The molecule has 1 unspecified atom stereocenters. The Morgan fingerprint density at radius 3 is 2.36 bits per heavy atom. The highest BCUT2D eigenvalue weighted by Crippen LogP contribution is 2.38. The van der Waals surface area contributed by atoms with Crippen LogP contribution in [0.2, 0.25) is 0 Å². The summed E-state index contributed by atoms with van der Waals surface area (Å²) in [5.74, 6) is -0.355. The Hall–Kier alpha value is -3.81. The molecule has 1 aliphatic rings. The molecule has 5 nitrogen and oxygen atoms in total. The predicted octanol–water partition coefficient (Wildman–Crippen LogP) is 5.30. The van der Waals surface area contributed by atoms with Crippen molar-refractivity contribution in [2.24, 2.45) is 0 Å². The van der Waals surface area contributed by atoms with E-state index in [1.54, 1.807) is 49.3 Å². The normalized spacial score (nSPS) is 15.9. The average Bonchev–Trinajstić information content (AvgIpc) is 2.81. The van der Waals surface area contributed by atoms with Gasteiger partial charge in [0.15, 0.2) is 0 Å². The quantitative estimate of drug-likeness (QED) is 0.538. The molecule has 0 N–H and O–H groups in total. The first kappa shape index (κ1) is 22.4. The van der Waals surface area contributed by atoms with Gasteiger partial charge in [0.2, 0.25) is 5.91 Å². The summed E-state index contributed by atoms with van der Waals surface area (Å²) < 4.78 is 44.8. The molecule has 0 spiro atoms. The molecule has 0 aliphatic carbocycles. The average molecular weight is 454 g/mol. The smallest absolute Gasteiger partial charge is 0.416 e. The molecule has 1 atom stereocenters. The van der Waals surface area contributed by atoms with Crippen LogP contribution in [0.15, 0.2) is 72.8 Å². The van der Waals surface area contributed by atoms with Crippen LogP contribution >= 0.6 is 0 Å². The lowest BCUT2D eigenvalue weighted by Crippen LogP contribution is -2.54. The summed E-state index contributed by atoms with van der Waals surface area (Å²) in [6, 6.07) is 17.5. The highest BCUT2D eigenvalue weighted by molar-refractivity contribution is 6.17. The second kappa shape index (κ2) is 8.61. The van der Waals surface area contributed by atoms with E-state index in [0.717, 1.165) is 17.7 Å². The lowest BCUT2D eigenvalue weighted by molar-refractivity contribution is -0.137. The van der Waals surface area contributed by atoms with Crippen LogP contribution in [0.1, 0.15) is 28.4 Å². The van der Waals surface area contributed by atoms with E-state index >= 15 is 0 Å². The third kappa shape index (κ3) is 4.28. The first-order valence-electron chi connectivity index (χ1n) is 10.2. The number of para-hydroxylation sites is 2. The molecule has 0 saturated carbocycles. The molecule has 170 valence electrons. The minimum atomic E-state index is -4.58. The van der Waals surface area contributed by atoms with Gasteiger partial charge < -0.3 is 9.64 Å². The Labute approximate surface area is 189 Å². The van der Waals surface area contributed by atoms with Gasteiger partial charge in [-0.1, -0.05) is 30.3 Å². The van der Waals surface area contributed by atoms with Gasteiger partial charge in [-0.25, -0.2) is 0 Å². The second-order valence-corrected chi connectivity index (χ2v) is 7.69. The van der Waals surface area contributed by atoms with Crippen LogP contribution < -0.4 is 14.5 Å². The van der Waals surface area contributed by atoms with Crippen molar-refractivity contribution in [2.45, 2.75) is 25.7 Å². The van der Waals surface area contributed by atoms with Crippen LogP contribution in [-0.4, -0.2) is 25.0 Å². The van der Waals surface area contributed by atoms with Crippen molar-refractivity contribution >= 4 is 23.2 Å². The zero-order chi connectivity index (χ0) is 23.8. The molecule has 0 aromatic heterocycles. The minimum Gasteiger partial charge on any atom is -0.497 e. The second-order valence-electron chi connectivity index (χ2n) is 7.69. The topological polar surface area (TPSA) is 49.9 Å². The first-order valence-corrected chi connectivity index (χ1v) is 10.2. The SMILES string of the molecule is COc1cccc(CN2C(=O)C(C)N(C(=O)c3cccc(C(F)(F)F)c3)c3ccccc32)c1. The molecule has 2 amide bonds. The third-order valence-electron chi connectivity index (χ3n) is 5.57. The summed E-state index contributed by atoms with van der Waals surface area (Å²) in [7, 11) is 1.56. The molecule has 4 rings (SSSR count). The largest absolute Gasteiger partial charge is 0.497 e. The number of alkyl halides is 3. The van der Waals surface area contributed by atoms with Gasteiger partial charge in [0, 0.05) is 5.56 Å². The number of halogens is 3. The number of hydrogen-bond acceptors (Lipinski definition) is 3. The van der Waals surface area contributed by atoms with Crippen molar-refractivity contribution in [2.75, 3.05) is 16.9 Å². The Morgan fingerprint density at radius 2 is 1.67 bits per heavy atom. The highest BCUT2D eigenvalue weighted by atomic mass is 19.4. The molecule has 1 heterocycles. The lowest BCUT2D eigenvalue weighted by atomic mass is 10.0. The lowest BCUT2D eigenvalue weighted by Gasteiger charge is -2.40. The van der Waals surface area contributed by atoms with E-state index in [2.05, 4.69) is 0 Å². The summed E-state index contributed by atoms with van der Waals surface area (Å²) in [5.41, 5.74) is 0.735. The van der Waals surface area contributed by atoms with Crippen molar-refractivity contribution in [3.05, 3.63) is 89.5 Å². The third-order valence-corrected chi connectivity index (χ3v) is 5.57. The predicted molar refractivity (Wildman–Crippen MR) is 118 cm³/mol. The van der Waals surface area contributed by atoms with Gasteiger partial charge in [-0.05, 0) is 55.0 Å². The van der Waals surface area contributed by atoms with E-state index in [1.807, 2.05) is 18.2 Å². The Bertz CT molecular complexity index is 1210. The summed E-state index contributed by atoms with van der Waals surface area (Å²) in [6.45, 7) is 1.82. The molecule has 1 aliphatic heterocycles. The number of ether oxygens (including phenoxy) is 1. The van der Waals surface area contributed by atoms with Crippen LogP contribution in [0.25, 0.3) is 0 Å². The fraction of sp³-hybridized carbons (Fsp3) is 0.200. The number of methoxy groups -OCH3 is 1. The zero-order valence-electron chi connectivity index (χ0n) is 18.0. The van der Waals surface area contributed by atoms with Crippen molar-refractivity contribution in [3.8, 4) is 5.75 Å². The molecule has 3 aromatic rings.